The highest BCUT2D eigenvalue weighted by atomic mass is 19.4. The Labute approximate surface area is 208 Å². The lowest BCUT2D eigenvalue weighted by Crippen LogP contribution is -2.16. The monoisotopic (exact) mass is 526 g/mol. The van der Waals surface area contributed by atoms with Crippen molar-refractivity contribution < 1.29 is 40.7 Å². The van der Waals surface area contributed by atoms with Crippen molar-refractivity contribution in [2.45, 2.75) is 57.3 Å². The highest BCUT2D eigenvalue weighted by Crippen LogP contribution is 2.37. The van der Waals surface area contributed by atoms with Crippen molar-refractivity contribution >= 4 is 29.4 Å². The smallest absolute Gasteiger partial charge is 0.370 e. The summed E-state index contributed by atoms with van der Waals surface area (Å²) < 4.78 is 78.9. The molecule has 198 valence electrons. The normalized spacial score (nSPS) is 15.0. The van der Waals surface area contributed by atoms with Crippen LogP contribution in [0.1, 0.15) is 71.1 Å². The predicted octanol–water partition coefficient (Wildman–Crippen LogP) is 6.31. The molecule has 37 heavy (non-hydrogen) atoms. The Morgan fingerprint density at radius 3 is 2.08 bits per heavy atom. The van der Waals surface area contributed by atoms with Gasteiger partial charge < -0.3 is 11.1 Å². The number of Topliss-reactive ketones (excluding diaryl/α,β-unsaturated/α-hetero) is 1. The van der Waals surface area contributed by atoms with E-state index in [2.05, 4.69) is 5.32 Å². The van der Waals surface area contributed by atoms with E-state index in [-0.39, 0.29) is 47.9 Å². The number of rotatable bonds is 8. The van der Waals surface area contributed by atoms with Crippen LogP contribution in [0.4, 0.5) is 32.0 Å². The van der Waals surface area contributed by atoms with E-state index in [9.17, 15) is 40.7 Å². The zero-order valence-corrected chi connectivity index (χ0v) is 19.6. The SMILES string of the molecule is NC(=O)CCCCCC(=O)Nc1ccc2c(c1)CC/C(=C\c1cc(C(F)(F)F)cc(C(F)(F)F)c1)C2=O. The average molecular weight is 526 g/mol. The van der Waals surface area contributed by atoms with Crippen molar-refractivity contribution in [3.63, 3.8) is 0 Å². The molecule has 11 heteroatoms. The number of fused-ring (bicyclic) bond motifs is 1. The van der Waals surface area contributed by atoms with Crippen LogP contribution in [0.2, 0.25) is 0 Å². The number of carbonyl (C=O) groups excluding carboxylic acids is 3. The molecule has 3 rings (SSSR count). The number of hydrogen-bond donors (Lipinski definition) is 2. The quantitative estimate of drug-likeness (QED) is 0.240. The first-order chi connectivity index (χ1) is 17.2. The van der Waals surface area contributed by atoms with Gasteiger partial charge in [-0.15, -0.1) is 0 Å². The number of aryl methyl sites for hydroxylation is 1. The van der Waals surface area contributed by atoms with Gasteiger partial charge >= 0.3 is 12.4 Å². The average Bonchev–Trinajstić information content (AvgIpc) is 2.79. The van der Waals surface area contributed by atoms with Crippen molar-refractivity contribution in [2.75, 3.05) is 5.32 Å². The summed E-state index contributed by atoms with van der Waals surface area (Å²) in [5, 5.41) is 2.73. The molecule has 2 amide bonds. The van der Waals surface area contributed by atoms with E-state index in [1.54, 1.807) is 6.07 Å². The maximum Gasteiger partial charge on any atom is 0.416 e. The first-order valence-electron chi connectivity index (χ1n) is 11.5. The number of nitrogens with one attached hydrogen (secondary N) is 1. The van der Waals surface area contributed by atoms with E-state index >= 15 is 0 Å². The van der Waals surface area contributed by atoms with Gasteiger partial charge in [0, 0.05) is 29.7 Å². The second kappa shape index (κ2) is 11.2. The van der Waals surface area contributed by atoms with E-state index < -0.39 is 35.2 Å². The molecule has 2 aromatic carbocycles. The van der Waals surface area contributed by atoms with E-state index in [0.29, 0.717) is 49.1 Å². The number of ketones is 1. The molecule has 0 bridgehead atoms. The fourth-order valence-corrected chi connectivity index (χ4v) is 4.04. The summed E-state index contributed by atoms with van der Waals surface area (Å²) in [4.78, 5) is 35.8. The molecule has 0 saturated carbocycles. The Hall–Kier alpha value is -3.63. The Balaban J connectivity index is 1.74. The van der Waals surface area contributed by atoms with Crippen molar-refractivity contribution in [3.05, 3.63) is 69.8 Å². The van der Waals surface area contributed by atoms with E-state index in [0.717, 1.165) is 6.08 Å². The van der Waals surface area contributed by atoms with Crippen molar-refractivity contribution in [1.82, 2.24) is 0 Å². The Kier molecular flexibility index (Phi) is 8.45. The van der Waals surface area contributed by atoms with Gasteiger partial charge in [-0.1, -0.05) is 6.42 Å². The van der Waals surface area contributed by atoms with E-state index in [4.69, 9.17) is 5.73 Å². The number of alkyl halides is 6. The maximum atomic E-state index is 13.1. The van der Waals surface area contributed by atoms with Gasteiger partial charge in [-0.2, -0.15) is 26.3 Å². The van der Waals surface area contributed by atoms with Gasteiger partial charge in [0.2, 0.25) is 11.8 Å². The number of carbonyl (C=O) groups is 3. The lowest BCUT2D eigenvalue weighted by Gasteiger charge is -2.19. The van der Waals surface area contributed by atoms with Crippen molar-refractivity contribution in [3.8, 4) is 0 Å². The minimum absolute atomic E-state index is 0.0386. The molecule has 0 heterocycles. The largest absolute Gasteiger partial charge is 0.416 e. The van der Waals surface area contributed by atoms with Gasteiger partial charge in [-0.05, 0) is 79.3 Å². The Morgan fingerprint density at radius 2 is 1.49 bits per heavy atom. The minimum atomic E-state index is -4.98. The van der Waals surface area contributed by atoms with E-state index in [1.807, 2.05) is 0 Å². The first kappa shape index (κ1) is 27.9. The van der Waals surface area contributed by atoms with Crippen LogP contribution < -0.4 is 11.1 Å². The fourth-order valence-electron chi connectivity index (χ4n) is 4.04. The predicted molar refractivity (Wildman–Crippen MR) is 124 cm³/mol. The zero-order chi connectivity index (χ0) is 27.4. The molecule has 0 atom stereocenters. The van der Waals surface area contributed by atoms with Gasteiger partial charge in [0.05, 0.1) is 11.1 Å². The molecule has 0 aromatic heterocycles. The summed E-state index contributed by atoms with van der Waals surface area (Å²) in [6, 6.07) is 5.81. The number of allylic oxidation sites excluding steroid dienone is 1. The van der Waals surface area contributed by atoms with Gasteiger partial charge in [0.15, 0.2) is 5.78 Å². The van der Waals surface area contributed by atoms with Crippen LogP contribution in [0, 0.1) is 0 Å². The molecule has 0 spiro atoms. The van der Waals surface area contributed by atoms with Crippen LogP contribution in [-0.4, -0.2) is 17.6 Å². The third kappa shape index (κ3) is 7.68. The van der Waals surface area contributed by atoms with Gasteiger partial charge in [0.1, 0.15) is 0 Å². The summed E-state index contributed by atoms with van der Waals surface area (Å²) in [7, 11) is 0. The van der Waals surface area contributed by atoms with Crippen LogP contribution in [0.5, 0.6) is 0 Å². The molecular weight excluding hydrogens is 502 g/mol. The third-order valence-corrected chi connectivity index (χ3v) is 5.87. The number of benzene rings is 2. The molecule has 5 nitrogen and oxygen atoms in total. The maximum absolute atomic E-state index is 13.1. The molecule has 0 radical (unpaired) electrons. The minimum Gasteiger partial charge on any atom is -0.370 e. The van der Waals surface area contributed by atoms with Crippen LogP contribution >= 0.6 is 0 Å². The van der Waals surface area contributed by atoms with Gasteiger partial charge in [-0.3, -0.25) is 14.4 Å². The van der Waals surface area contributed by atoms with Crippen molar-refractivity contribution in [1.29, 1.82) is 0 Å². The number of hydrogen-bond acceptors (Lipinski definition) is 3. The number of anilines is 1. The topological polar surface area (TPSA) is 89.3 Å². The molecule has 0 aliphatic heterocycles. The molecule has 2 aromatic rings. The lowest BCUT2D eigenvalue weighted by molar-refractivity contribution is -0.143. The Bertz CT molecular complexity index is 1200. The van der Waals surface area contributed by atoms with Crippen molar-refractivity contribution in [2.24, 2.45) is 5.73 Å². The standard InChI is InChI=1S/C26H24F6N2O3/c27-25(28,29)18-11-15(12-19(14-18)26(30,31)32)10-17-7-6-16-13-20(8-9-21(16)24(17)37)34-23(36)5-3-1-2-4-22(33)35/h8-14H,1-7H2,(H2,33,35)(H,34,36)/b17-10+. The molecule has 0 saturated heterocycles. The summed E-state index contributed by atoms with van der Waals surface area (Å²) in [5.74, 6) is -1.14. The molecule has 3 N–H and O–H groups in total. The number of amides is 2. The van der Waals surface area contributed by atoms with E-state index in [1.165, 1.54) is 12.1 Å². The summed E-state index contributed by atoms with van der Waals surface area (Å²) in [6.07, 6.45) is -6.16. The van der Waals surface area contributed by atoms with Crippen LogP contribution in [0.3, 0.4) is 0 Å². The van der Waals surface area contributed by atoms with Gasteiger partial charge in [-0.25, -0.2) is 0 Å². The highest BCUT2D eigenvalue weighted by molar-refractivity contribution is 6.13. The molecule has 1 aliphatic rings. The number of halogens is 6. The second-order valence-corrected chi connectivity index (χ2v) is 8.78. The van der Waals surface area contributed by atoms with Crippen LogP contribution in [-0.2, 0) is 28.4 Å². The first-order valence-corrected chi connectivity index (χ1v) is 11.5. The summed E-state index contributed by atoms with van der Waals surface area (Å²) in [5.41, 5.74) is 3.23. The summed E-state index contributed by atoms with van der Waals surface area (Å²) >= 11 is 0. The van der Waals surface area contributed by atoms with Crippen LogP contribution in [0.25, 0.3) is 6.08 Å². The van der Waals surface area contributed by atoms with Gasteiger partial charge in [0.25, 0.3) is 0 Å². The Morgan fingerprint density at radius 1 is 0.865 bits per heavy atom. The van der Waals surface area contributed by atoms with Crippen LogP contribution in [0.15, 0.2) is 42.0 Å². The third-order valence-electron chi connectivity index (χ3n) is 5.87. The lowest BCUT2D eigenvalue weighted by atomic mass is 9.85. The fraction of sp³-hybridized carbons (Fsp3) is 0.346. The molecule has 0 fully saturated rings. The highest BCUT2D eigenvalue weighted by Gasteiger charge is 2.37. The molecular formula is C26H24F6N2O3. The number of nitrogens with two attached hydrogens (primary N) is 1. The number of primary amides is 1. The molecule has 1 aliphatic carbocycles. The zero-order valence-electron chi connectivity index (χ0n) is 19.6. The molecule has 0 unspecified atom stereocenters. The second-order valence-electron chi connectivity index (χ2n) is 8.78. The number of unbranched alkanes of at least 4 members (excludes halogenated alkanes) is 2. The summed E-state index contributed by atoms with van der Waals surface area (Å²) in [6.45, 7) is 0.